The van der Waals surface area contributed by atoms with Gasteiger partial charge in [0.05, 0.1) is 11.1 Å². The number of pyridine rings is 1. The maximum Gasteiger partial charge on any atom is 0.166 e. The minimum absolute atomic E-state index is 0.374. The van der Waals surface area contributed by atoms with Crippen molar-refractivity contribution in [2.24, 2.45) is 0 Å². The largest absolute Gasteiger partial charge is 0.383 e. The average molecular weight is 457 g/mol. The van der Waals surface area contributed by atoms with Crippen molar-refractivity contribution in [1.82, 2.24) is 15.0 Å². The van der Waals surface area contributed by atoms with E-state index in [0.717, 1.165) is 33.5 Å². The molecule has 0 bridgehead atoms. The molecule has 0 amide bonds. The van der Waals surface area contributed by atoms with Gasteiger partial charge in [0.15, 0.2) is 11.5 Å². The fourth-order valence-electron chi connectivity index (χ4n) is 3.70. The number of anilines is 1. The van der Waals surface area contributed by atoms with Gasteiger partial charge in [-0.15, -0.1) is 0 Å². The molecule has 2 N–H and O–H groups in total. The Bertz CT molecular complexity index is 1450. The van der Waals surface area contributed by atoms with Gasteiger partial charge >= 0.3 is 0 Å². The predicted molar refractivity (Wildman–Crippen MR) is 133 cm³/mol. The van der Waals surface area contributed by atoms with E-state index in [-0.39, 0.29) is 0 Å². The smallest absolute Gasteiger partial charge is 0.166 e. The number of aromatic nitrogens is 3. The van der Waals surface area contributed by atoms with Crippen molar-refractivity contribution in [2.75, 3.05) is 5.73 Å². The van der Waals surface area contributed by atoms with Crippen molar-refractivity contribution in [1.29, 1.82) is 0 Å². The van der Waals surface area contributed by atoms with E-state index in [2.05, 4.69) is 24.0 Å². The van der Waals surface area contributed by atoms with E-state index in [1.807, 2.05) is 54.6 Å². The van der Waals surface area contributed by atoms with Crippen LogP contribution in [0.5, 0.6) is 0 Å². The van der Waals surface area contributed by atoms with Gasteiger partial charge in [-0.1, -0.05) is 59.6 Å². The van der Waals surface area contributed by atoms with Crippen molar-refractivity contribution in [3.05, 3.63) is 94.5 Å². The molecule has 0 fully saturated rings. The lowest BCUT2D eigenvalue weighted by atomic mass is 9.96. The van der Waals surface area contributed by atoms with Crippen molar-refractivity contribution in [3.63, 3.8) is 0 Å². The molecule has 5 aromatic rings. The number of nitrogens with two attached hydrogens (primary N) is 1. The summed E-state index contributed by atoms with van der Waals surface area (Å²) in [5.41, 5.74) is 12.7. The molecule has 32 heavy (non-hydrogen) atoms. The molecule has 156 valence electrons. The van der Waals surface area contributed by atoms with Crippen molar-refractivity contribution >= 4 is 40.1 Å². The third-order valence-electron chi connectivity index (χ3n) is 5.37. The number of fused-ring (bicyclic) bond motifs is 1. The zero-order chi connectivity index (χ0) is 22.2. The summed E-state index contributed by atoms with van der Waals surface area (Å²) in [6.07, 6.45) is 0. The van der Waals surface area contributed by atoms with E-state index in [0.29, 0.717) is 32.7 Å². The van der Waals surface area contributed by atoms with Crippen LogP contribution in [0.15, 0.2) is 78.9 Å². The van der Waals surface area contributed by atoms with Crippen LogP contribution in [0.25, 0.3) is 44.8 Å². The number of rotatable bonds is 3. The summed E-state index contributed by atoms with van der Waals surface area (Å²) in [7, 11) is 0. The second-order valence-electron chi connectivity index (χ2n) is 7.52. The van der Waals surface area contributed by atoms with Gasteiger partial charge in [-0.3, -0.25) is 0 Å². The molecule has 0 atom stereocenters. The Balaban J connectivity index is 1.79. The second-order valence-corrected chi connectivity index (χ2v) is 8.39. The van der Waals surface area contributed by atoms with Crippen LogP contribution >= 0.6 is 23.2 Å². The summed E-state index contributed by atoms with van der Waals surface area (Å²) < 4.78 is 0. The van der Waals surface area contributed by atoms with Crippen LogP contribution in [0.3, 0.4) is 0 Å². The minimum Gasteiger partial charge on any atom is -0.383 e. The molecule has 0 unspecified atom stereocenters. The molecule has 4 nitrogen and oxygen atoms in total. The van der Waals surface area contributed by atoms with Crippen LogP contribution in [0, 0.1) is 6.92 Å². The average Bonchev–Trinajstić information content (AvgIpc) is 2.80. The van der Waals surface area contributed by atoms with E-state index >= 15 is 0 Å². The number of hydrogen-bond donors (Lipinski definition) is 1. The summed E-state index contributed by atoms with van der Waals surface area (Å²) in [6, 6.07) is 25.2. The summed E-state index contributed by atoms with van der Waals surface area (Å²) in [5, 5.41) is 2.02. The summed E-state index contributed by atoms with van der Waals surface area (Å²) in [5.74, 6) is 0.883. The maximum atomic E-state index is 6.38. The van der Waals surface area contributed by atoms with Gasteiger partial charge in [-0.2, -0.15) is 0 Å². The van der Waals surface area contributed by atoms with E-state index in [4.69, 9.17) is 38.9 Å². The lowest BCUT2D eigenvalue weighted by molar-refractivity contribution is 1.19. The fourth-order valence-corrected chi connectivity index (χ4v) is 3.95. The minimum atomic E-state index is 0.374. The van der Waals surface area contributed by atoms with Crippen LogP contribution in [-0.4, -0.2) is 15.0 Å². The number of benzene rings is 3. The Morgan fingerprint density at radius 2 is 1.31 bits per heavy atom. The van der Waals surface area contributed by atoms with Crippen molar-refractivity contribution in [2.45, 2.75) is 6.92 Å². The molecule has 0 saturated heterocycles. The number of nitrogens with zero attached hydrogens (tertiary/aromatic N) is 3. The molecule has 0 radical (unpaired) electrons. The third kappa shape index (κ3) is 3.79. The Morgan fingerprint density at radius 3 is 1.97 bits per heavy atom. The maximum absolute atomic E-state index is 6.38. The highest BCUT2D eigenvalue weighted by Gasteiger charge is 2.17. The normalized spacial score (nSPS) is 11.1. The van der Waals surface area contributed by atoms with Crippen LogP contribution in [-0.2, 0) is 0 Å². The van der Waals surface area contributed by atoms with Crippen LogP contribution in [0.2, 0.25) is 10.0 Å². The van der Waals surface area contributed by atoms with E-state index < -0.39 is 0 Å². The first-order valence-electron chi connectivity index (χ1n) is 10.1. The number of nitrogen functional groups attached to an aromatic ring is 1. The lowest BCUT2D eigenvalue weighted by Gasteiger charge is -2.14. The van der Waals surface area contributed by atoms with Crippen molar-refractivity contribution in [3.8, 4) is 33.8 Å². The molecular formula is C26H18Cl2N4. The number of hydrogen-bond acceptors (Lipinski definition) is 4. The van der Waals surface area contributed by atoms with Gasteiger partial charge in [0.1, 0.15) is 5.82 Å². The van der Waals surface area contributed by atoms with Gasteiger partial charge < -0.3 is 5.73 Å². The van der Waals surface area contributed by atoms with E-state index in [9.17, 15) is 0 Å². The molecule has 0 aliphatic rings. The Morgan fingerprint density at radius 1 is 0.688 bits per heavy atom. The fraction of sp³-hybridized carbons (Fsp3) is 0.0385. The molecule has 0 aliphatic heterocycles. The summed E-state index contributed by atoms with van der Waals surface area (Å²) in [6.45, 7) is 2.07. The van der Waals surface area contributed by atoms with E-state index in [1.54, 1.807) is 12.1 Å². The standard InChI is InChI=1S/C26H18Cl2N4/c1-15-4-2-3-5-20(15)23-21(16-6-10-18(27)11-7-16)14-22-24(29)31-25(32-26(22)30-23)17-8-12-19(28)13-9-17/h2-14H,1H3,(H2,29,30,31,32). The highest BCUT2D eigenvalue weighted by Crippen LogP contribution is 2.36. The molecule has 2 aromatic heterocycles. The molecule has 0 saturated carbocycles. The van der Waals surface area contributed by atoms with Gasteiger partial charge in [-0.05, 0) is 60.5 Å². The Hall–Kier alpha value is -3.47. The first-order valence-corrected chi connectivity index (χ1v) is 10.8. The molecule has 0 spiro atoms. The highest BCUT2D eigenvalue weighted by molar-refractivity contribution is 6.31. The zero-order valence-electron chi connectivity index (χ0n) is 17.2. The summed E-state index contributed by atoms with van der Waals surface area (Å²) >= 11 is 12.2. The molecule has 5 rings (SSSR count). The monoisotopic (exact) mass is 456 g/mol. The molecular weight excluding hydrogens is 439 g/mol. The van der Waals surface area contributed by atoms with E-state index in [1.165, 1.54) is 0 Å². The number of halogens is 2. The first-order chi connectivity index (χ1) is 15.5. The van der Waals surface area contributed by atoms with Crippen molar-refractivity contribution < 1.29 is 0 Å². The summed E-state index contributed by atoms with van der Waals surface area (Å²) in [4.78, 5) is 14.2. The zero-order valence-corrected chi connectivity index (χ0v) is 18.7. The molecule has 3 aromatic carbocycles. The third-order valence-corrected chi connectivity index (χ3v) is 5.88. The van der Waals surface area contributed by atoms with Crippen LogP contribution in [0.1, 0.15) is 5.56 Å². The van der Waals surface area contributed by atoms with Gasteiger partial charge in [0.2, 0.25) is 0 Å². The SMILES string of the molecule is Cc1ccccc1-c1nc2nc(-c3ccc(Cl)cc3)nc(N)c2cc1-c1ccc(Cl)cc1. The Kier molecular flexibility index (Phi) is 5.25. The Labute approximate surface area is 195 Å². The van der Waals surface area contributed by atoms with Gasteiger partial charge in [-0.25, -0.2) is 15.0 Å². The lowest BCUT2D eigenvalue weighted by Crippen LogP contribution is -2.02. The van der Waals surface area contributed by atoms with Gasteiger partial charge in [0.25, 0.3) is 0 Å². The second kappa shape index (κ2) is 8.23. The highest BCUT2D eigenvalue weighted by atomic mass is 35.5. The molecule has 6 heteroatoms. The predicted octanol–water partition coefficient (Wildman–Crippen LogP) is 7.22. The van der Waals surface area contributed by atoms with Crippen LogP contribution in [0.4, 0.5) is 5.82 Å². The number of aryl methyl sites for hydroxylation is 1. The topological polar surface area (TPSA) is 64.7 Å². The van der Waals surface area contributed by atoms with Crippen LogP contribution < -0.4 is 5.73 Å². The first kappa shape index (κ1) is 20.4. The van der Waals surface area contributed by atoms with Gasteiger partial charge in [0, 0.05) is 26.7 Å². The quantitative estimate of drug-likeness (QED) is 0.311. The molecule has 2 heterocycles. The molecule has 0 aliphatic carbocycles.